The van der Waals surface area contributed by atoms with E-state index >= 15 is 0 Å². The zero-order chi connectivity index (χ0) is 13.3. The van der Waals surface area contributed by atoms with Gasteiger partial charge in [0, 0.05) is 16.1 Å². The highest BCUT2D eigenvalue weighted by atomic mass is 127. The maximum Gasteiger partial charge on any atom is 0.202 e. The molecule has 0 saturated heterocycles. The van der Waals surface area contributed by atoms with Crippen molar-refractivity contribution in [2.24, 2.45) is 0 Å². The first-order valence-electron chi connectivity index (χ1n) is 5.42. The molecule has 0 aliphatic heterocycles. The summed E-state index contributed by atoms with van der Waals surface area (Å²) in [4.78, 5) is 0. The lowest BCUT2D eigenvalue weighted by Gasteiger charge is -2.12. The molecule has 0 spiro atoms. The lowest BCUT2D eigenvalue weighted by Crippen LogP contribution is -1.98. The summed E-state index contributed by atoms with van der Waals surface area (Å²) in [5.74, 6) is 0.649. The molecule has 2 aromatic rings. The van der Waals surface area contributed by atoms with E-state index < -0.39 is 0 Å². The largest absolute Gasteiger partial charge is 0.495 e. The molecule has 4 nitrogen and oxygen atoms in total. The average molecular weight is 359 g/mol. The third kappa shape index (κ3) is 2.14. The molecule has 0 atom stereocenters. The summed E-state index contributed by atoms with van der Waals surface area (Å²) in [5.41, 5.74) is 2.34. The van der Waals surface area contributed by atoms with Crippen molar-refractivity contribution in [3.8, 4) is 23.2 Å². The Balaban J connectivity index is 2.68. The minimum Gasteiger partial charge on any atom is -0.495 e. The fourth-order valence-electron chi connectivity index (χ4n) is 1.85. The van der Waals surface area contributed by atoms with Gasteiger partial charge in [0.05, 0.1) is 12.8 Å². The summed E-state index contributed by atoms with van der Waals surface area (Å²) in [6.07, 6.45) is 0. The number of alkyl halides is 1. The molecule has 18 heavy (non-hydrogen) atoms. The van der Waals surface area contributed by atoms with Gasteiger partial charge in [-0.05, 0) is 24.6 Å². The topological polar surface area (TPSA) is 54.6 Å². The van der Waals surface area contributed by atoms with Gasteiger partial charge in [-0.1, -0.05) is 28.7 Å². The van der Waals surface area contributed by atoms with Gasteiger partial charge in [-0.15, -0.1) is 0 Å². The lowest BCUT2D eigenvalue weighted by atomic mass is 10.2. The third-order valence-corrected chi connectivity index (χ3v) is 3.57. The molecular weight excluding hydrogens is 345 g/mol. The highest BCUT2D eigenvalue weighted by molar-refractivity contribution is 14.1. The van der Waals surface area contributed by atoms with Crippen molar-refractivity contribution >= 4 is 22.6 Å². The Morgan fingerprint density at radius 3 is 2.56 bits per heavy atom. The summed E-state index contributed by atoms with van der Waals surface area (Å²) in [5, 5.41) is 20.1. The first kappa shape index (κ1) is 13.1. The molecule has 0 aliphatic rings. The van der Waals surface area contributed by atoms with Crippen LogP contribution in [0.4, 0.5) is 0 Å². The van der Waals surface area contributed by atoms with Crippen molar-refractivity contribution in [1.29, 1.82) is 0 Å². The van der Waals surface area contributed by atoms with Crippen molar-refractivity contribution in [3.05, 3.63) is 35.4 Å². The molecular formula is C13H14INO3. The van der Waals surface area contributed by atoms with Crippen LogP contribution < -0.4 is 4.74 Å². The predicted molar refractivity (Wildman–Crippen MR) is 78.1 cm³/mol. The summed E-state index contributed by atoms with van der Waals surface area (Å²) in [6.45, 7) is 1.94. The smallest absolute Gasteiger partial charge is 0.202 e. The van der Waals surface area contributed by atoms with E-state index in [-0.39, 0.29) is 11.8 Å². The van der Waals surface area contributed by atoms with Crippen LogP contribution in [0.5, 0.6) is 17.5 Å². The number of aromatic nitrogens is 1. The van der Waals surface area contributed by atoms with Crippen LogP contribution in [0.15, 0.2) is 24.3 Å². The van der Waals surface area contributed by atoms with Crippen molar-refractivity contribution in [2.45, 2.75) is 11.4 Å². The maximum absolute atomic E-state index is 10.1. The second kappa shape index (κ2) is 5.09. The van der Waals surface area contributed by atoms with E-state index in [1.807, 2.05) is 25.1 Å². The minimum atomic E-state index is 0.00284. The average Bonchev–Trinajstić information content (AvgIpc) is 2.64. The third-order valence-electron chi connectivity index (χ3n) is 2.75. The first-order valence-corrected chi connectivity index (χ1v) is 6.94. The van der Waals surface area contributed by atoms with Gasteiger partial charge < -0.3 is 14.9 Å². The molecule has 2 rings (SSSR count). The molecule has 0 unspecified atom stereocenters. The van der Waals surface area contributed by atoms with Gasteiger partial charge in [-0.3, -0.25) is 0 Å². The number of hydrogen-bond donors (Lipinski definition) is 2. The zero-order valence-corrected chi connectivity index (χ0v) is 12.3. The van der Waals surface area contributed by atoms with Gasteiger partial charge >= 0.3 is 0 Å². The van der Waals surface area contributed by atoms with Gasteiger partial charge in [0.25, 0.3) is 0 Å². The van der Waals surface area contributed by atoms with Crippen molar-refractivity contribution < 1.29 is 14.9 Å². The monoisotopic (exact) mass is 359 g/mol. The Labute approximate surface area is 119 Å². The van der Waals surface area contributed by atoms with Crippen LogP contribution in [-0.4, -0.2) is 21.9 Å². The molecule has 0 radical (unpaired) electrons. The summed E-state index contributed by atoms with van der Waals surface area (Å²) >= 11 is 2.14. The van der Waals surface area contributed by atoms with Crippen molar-refractivity contribution in [2.75, 3.05) is 7.11 Å². The zero-order valence-electron chi connectivity index (χ0n) is 10.1. The number of nitrogens with zero attached hydrogens (tertiary/aromatic N) is 1. The molecule has 0 saturated carbocycles. The number of ether oxygens (including phenoxy) is 1. The van der Waals surface area contributed by atoms with Gasteiger partial charge in [0.1, 0.15) is 5.75 Å². The van der Waals surface area contributed by atoms with Gasteiger partial charge in [-0.25, -0.2) is 4.57 Å². The molecule has 1 aromatic carbocycles. The van der Waals surface area contributed by atoms with Gasteiger partial charge in [-0.2, -0.15) is 0 Å². The molecule has 0 aliphatic carbocycles. The van der Waals surface area contributed by atoms with Crippen molar-refractivity contribution in [1.82, 2.24) is 4.57 Å². The fourth-order valence-corrected chi connectivity index (χ4v) is 2.41. The van der Waals surface area contributed by atoms with E-state index in [4.69, 9.17) is 4.74 Å². The Hall–Kier alpha value is -1.37. The van der Waals surface area contributed by atoms with E-state index in [1.54, 1.807) is 13.2 Å². The van der Waals surface area contributed by atoms with E-state index in [0.717, 1.165) is 5.56 Å². The summed E-state index contributed by atoms with van der Waals surface area (Å²) in [6, 6.07) is 7.14. The highest BCUT2D eigenvalue weighted by Crippen LogP contribution is 2.36. The number of hydrogen-bond acceptors (Lipinski definition) is 3. The molecule has 0 fully saturated rings. The van der Waals surface area contributed by atoms with Gasteiger partial charge in [0.2, 0.25) is 5.88 Å². The molecule has 2 N–H and O–H groups in total. The normalized spacial score (nSPS) is 10.6. The van der Waals surface area contributed by atoms with Gasteiger partial charge in [0.15, 0.2) is 5.88 Å². The molecule has 5 heteroatoms. The quantitative estimate of drug-likeness (QED) is 0.654. The standard InChI is InChI=1S/C13H14INO3/c1-8-3-4-11(18-2)10(5-8)15-12(16)6-9(7-14)13(15)17/h3-6,16-17H,7H2,1-2H3. The van der Waals surface area contributed by atoms with E-state index in [1.165, 1.54) is 4.57 Å². The molecule has 0 amide bonds. The number of halogens is 1. The number of aromatic hydroxyl groups is 2. The minimum absolute atomic E-state index is 0.00284. The second-order valence-electron chi connectivity index (χ2n) is 4.00. The predicted octanol–water partition coefficient (Wildman–Crippen LogP) is 3.14. The van der Waals surface area contributed by atoms with Crippen LogP contribution in [0.25, 0.3) is 5.69 Å². The second-order valence-corrected chi connectivity index (χ2v) is 4.76. The van der Waals surface area contributed by atoms with Crippen LogP contribution in [0.1, 0.15) is 11.1 Å². The Morgan fingerprint density at radius 1 is 1.28 bits per heavy atom. The molecule has 1 aromatic heterocycles. The highest BCUT2D eigenvalue weighted by Gasteiger charge is 2.17. The van der Waals surface area contributed by atoms with Crippen LogP contribution >= 0.6 is 22.6 Å². The van der Waals surface area contributed by atoms with Crippen LogP contribution in [0.3, 0.4) is 0 Å². The molecule has 96 valence electrons. The van der Waals surface area contributed by atoms with E-state index in [9.17, 15) is 10.2 Å². The SMILES string of the molecule is COc1ccc(C)cc1-n1c(O)cc(CI)c1O. The number of aryl methyl sites for hydroxylation is 1. The molecule has 1 heterocycles. The Kier molecular flexibility index (Phi) is 3.70. The van der Waals surface area contributed by atoms with E-state index in [0.29, 0.717) is 21.4 Å². The number of methoxy groups -OCH3 is 1. The van der Waals surface area contributed by atoms with Crippen LogP contribution in [0, 0.1) is 6.92 Å². The number of benzene rings is 1. The summed E-state index contributed by atoms with van der Waals surface area (Å²) < 4.78 is 7.27. The Bertz CT molecular complexity index is 578. The maximum atomic E-state index is 10.1. The molecule has 0 bridgehead atoms. The lowest BCUT2D eigenvalue weighted by molar-refractivity contribution is 0.386. The Morgan fingerprint density at radius 2 is 2.00 bits per heavy atom. The number of rotatable bonds is 3. The van der Waals surface area contributed by atoms with Crippen LogP contribution in [-0.2, 0) is 4.43 Å². The summed E-state index contributed by atoms with van der Waals surface area (Å²) in [7, 11) is 1.56. The van der Waals surface area contributed by atoms with Crippen molar-refractivity contribution in [3.63, 3.8) is 0 Å². The van der Waals surface area contributed by atoms with E-state index in [2.05, 4.69) is 22.6 Å². The first-order chi connectivity index (χ1) is 8.58. The fraction of sp³-hybridized carbons (Fsp3) is 0.231. The van der Waals surface area contributed by atoms with Crippen LogP contribution in [0.2, 0.25) is 0 Å².